The molecule has 4 aliphatic heterocycles. The van der Waals surface area contributed by atoms with E-state index in [-0.39, 0.29) is 0 Å². The first-order valence-corrected chi connectivity index (χ1v) is 22.1. The van der Waals surface area contributed by atoms with Gasteiger partial charge in [-0.1, -0.05) is 0 Å². The van der Waals surface area contributed by atoms with Gasteiger partial charge in [0.2, 0.25) is 17.7 Å². The quantitative estimate of drug-likeness (QED) is 0.0452. The van der Waals surface area contributed by atoms with Gasteiger partial charge in [0.25, 0.3) is 5.79 Å². The minimum absolute atomic E-state index is 0.744. The Morgan fingerprint density at radius 2 is 1.11 bits per heavy atom. The zero-order chi connectivity index (χ0) is 53.4. The molecule has 4 saturated heterocycles. The van der Waals surface area contributed by atoms with Crippen molar-refractivity contribution in [2.45, 2.75) is 180 Å². The molecule has 0 unspecified atom stereocenters. The van der Waals surface area contributed by atoms with E-state index in [1.165, 1.54) is 0 Å². The van der Waals surface area contributed by atoms with E-state index in [0.29, 0.717) is 0 Å². The lowest BCUT2D eigenvalue weighted by molar-refractivity contribution is -0.388. The molecule has 0 aliphatic carbocycles. The molecule has 32 nitrogen and oxygen atoms in total. The molecule has 0 aromatic carbocycles. The van der Waals surface area contributed by atoms with Crippen LogP contribution in [0.25, 0.3) is 0 Å². The topological polar surface area (TPSA) is 522 Å². The lowest BCUT2D eigenvalue weighted by atomic mass is 9.88. The molecular weight excluding hydrogens is 974 g/mol. The van der Waals surface area contributed by atoms with Crippen molar-refractivity contribution in [1.29, 1.82) is 0 Å². The standard InChI is InChI=1S/C39H67N3O29/c1-11(49)40-14(5-43)23(55)30(17(54)7-45)67-36-28(60)33(25(57)18(8-46)64-36)69-35-22(42-13(3)51)27(59)31(20(10-48)66-35)68-37-29(61)34(26(58)19(9-47)65-37)71-39(38(62)63)4-15(52)21(41-12(2)50)32(70-39)24(56)16(53)6-44/h14-37,43-48,52-61H,4-10H2,1-3H3,(H,40,49)(H,41,50)(H,42,51)(H,62,63)/t14-,15-,16+,17+,18+,19+,20+,21+,22+,23+,24+,25-,26-,27+,28+,29+,30+,31+,32+,33-,34-,35-,36-,37-,39-/m0/s1. The minimum atomic E-state index is -3.18. The minimum Gasteiger partial charge on any atom is -0.477 e. The fourth-order valence-electron chi connectivity index (χ4n) is 8.54. The summed E-state index contributed by atoms with van der Waals surface area (Å²) < 4.78 is 45.4. The summed E-state index contributed by atoms with van der Waals surface area (Å²) >= 11 is 0. The summed E-state index contributed by atoms with van der Waals surface area (Å²) in [6.45, 7) is -3.44. The van der Waals surface area contributed by atoms with Crippen LogP contribution in [-0.4, -0.2) is 303 Å². The molecule has 412 valence electrons. The average Bonchev–Trinajstić information content (AvgIpc) is 3.32. The molecule has 20 N–H and O–H groups in total. The molecule has 0 radical (unpaired) electrons. The Morgan fingerprint density at radius 3 is 1.62 bits per heavy atom. The SMILES string of the molecule is CC(=O)N[C@H]1[C@H](O[C@H]2[C@@H](O)[C@@H](CO)O[C@@H](O[C@@H]([C@H](O)[C@H](CO)NC(C)=O)[C@H](O)CO)[C@@H]2O)O[C@H](CO)[C@@H](O[C@@H]2O[C@H](CO)[C@H](O)[C@H](O[C@]3(C(=O)O)C[C@H](O)[C@@H](NC(C)=O)[C@H]([C@H](O)[C@H](O)CO)O3)[C@H]2O)[C@@H]1O. The Bertz CT molecular complexity index is 1730. The van der Waals surface area contributed by atoms with Gasteiger partial charge in [-0.15, -0.1) is 0 Å². The molecule has 4 fully saturated rings. The smallest absolute Gasteiger partial charge is 0.364 e. The van der Waals surface area contributed by atoms with Gasteiger partial charge in [-0.05, 0) is 0 Å². The monoisotopic (exact) mass is 1040 g/mol. The van der Waals surface area contributed by atoms with E-state index < -0.39 is 222 Å². The highest BCUT2D eigenvalue weighted by atomic mass is 16.8. The lowest BCUT2D eigenvalue weighted by Gasteiger charge is -2.51. The van der Waals surface area contributed by atoms with E-state index >= 15 is 0 Å². The highest BCUT2D eigenvalue weighted by Gasteiger charge is 2.61. The third-order valence-electron chi connectivity index (χ3n) is 12.2. The molecule has 0 spiro atoms. The molecule has 4 aliphatic rings. The van der Waals surface area contributed by atoms with E-state index in [2.05, 4.69) is 16.0 Å². The fraction of sp³-hybridized carbons (Fsp3) is 0.897. The Kier molecular flexibility index (Phi) is 22.5. The second-order valence-electron chi connectivity index (χ2n) is 17.3. The zero-order valence-corrected chi connectivity index (χ0v) is 38.3. The maximum absolute atomic E-state index is 12.9. The molecule has 0 bridgehead atoms. The second-order valence-corrected chi connectivity index (χ2v) is 17.3. The zero-order valence-electron chi connectivity index (χ0n) is 38.3. The van der Waals surface area contributed by atoms with Gasteiger partial charge in [0.05, 0.1) is 57.8 Å². The number of ether oxygens (including phenoxy) is 8. The molecule has 4 heterocycles. The fourth-order valence-corrected chi connectivity index (χ4v) is 8.54. The predicted molar refractivity (Wildman–Crippen MR) is 221 cm³/mol. The van der Waals surface area contributed by atoms with Crippen molar-refractivity contribution in [3.05, 3.63) is 0 Å². The van der Waals surface area contributed by atoms with E-state index in [4.69, 9.17) is 37.9 Å². The number of aliphatic hydroxyl groups excluding tert-OH is 16. The summed E-state index contributed by atoms with van der Waals surface area (Å²) in [5, 5.41) is 188. The summed E-state index contributed by atoms with van der Waals surface area (Å²) in [4.78, 5) is 49.2. The van der Waals surface area contributed by atoms with Gasteiger partial charge >= 0.3 is 5.97 Å². The summed E-state index contributed by atoms with van der Waals surface area (Å²) in [6, 6.07) is -5.04. The predicted octanol–water partition coefficient (Wildman–Crippen LogP) is -12.7. The number of amides is 3. The molecule has 0 aromatic rings. The van der Waals surface area contributed by atoms with Crippen LogP contribution in [0.1, 0.15) is 27.2 Å². The van der Waals surface area contributed by atoms with Crippen LogP contribution in [0.15, 0.2) is 0 Å². The van der Waals surface area contributed by atoms with Crippen molar-refractivity contribution in [3.8, 4) is 0 Å². The maximum Gasteiger partial charge on any atom is 0.364 e. The number of carbonyl (C=O) groups is 4. The van der Waals surface area contributed by atoms with Gasteiger partial charge in [-0.25, -0.2) is 4.79 Å². The Hall–Kier alpha value is -3.08. The molecule has 32 heteroatoms. The molecule has 0 saturated carbocycles. The number of carbonyl (C=O) groups excluding carboxylic acids is 3. The third-order valence-corrected chi connectivity index (χ3v) is 12.2. The maximum atomic E-state index is 12.9. The Morgan fingerprint density at radius 1 is 0.606 bits per heavy atom. The van der Waals surface area contributed by atoms with Crippen molar-refractivity contribution in [3.63, 3.8) is 0 Å². The van der Waals surface area contributed by atoms with Crippen LogP contribution >= 0.6 is 0 Å². The average molecular weight is 1040 g/mol. The highest BCUT2D eigenvalue weighted by Crippen LogP contribution is 2.39. The summed E-state index contributed by atoms with van der Waals surface area (Å²) in [5.41, 5.74) is 0. The molecular formula is C39H67N3O29. The van der Waals surface area contributed by atoms with E-state index in [1.807, 2.05) is 0 Å². The van der Waals surface area contributed by atoms with Crippen LogP contribution in [-0.2, 0) is 57.1 Å². The van der Waals surface area contributed by atoms with Crippen LogP contribution in [0.2, 0.25) is 0 Å². The normalized spacial score (nSPS) is 40.3. The van der Waals surface area contributed by atoms with Crippen molar-refractivity contribution in [1.82, 2.24) is 16.0 Å². The van der Waals surface area contributed by atoms with Gasteiger partial charge in [-0.2, -0.15) is 0 Å². The highest BCUT2D eigenvalue weighted by molar-refractivity contribution is 5.77. The lowest BCUT2D eigenvalue weighted by Crippen LogP contribution is -2.71. The third kappa shape index (κ3) is 14.0. The largest absolute Gasteiger partial charge is 0.477 e. The molecule has 4 rings (SSSR count). The first-order chi connectivity index (χ1) is 33.3. The van der Waals surface area contributed by atoms with Crippen molar-refractivity contribution in [2.24, 2.45) is 0 Å². The van der Waals surface area contributed by atoms with Crippen molar-refractivity contribution < 1.29 is 144 Å². The van der Waals surface area contributed by atoms with E-state index in [1.54, 1.807) is 0 Å². The van der Waals surface area contributed by atoms with Crippen molar-refractivity contribution >= 4 is 23.7 Å². The van der Waals surface area contributed by atoms with Gasteiger partial charge in [0.1, 0.15) is 110 Å². The number of rotatable bonds is 23. The Labute approximate surface area is 402 Å². The van der Waals surface area contributed by atoms with Crippen LogP contribution in [0, 0.1) is 0 Å². The number of carboxylic acid groups (broad SMARTS) is 1. The van der Waals surface area contributed by atoms with Gasteiger partial charge in [0.15, 0.2) is 18.9 Å². The second kappa shape index (κ2) is 26.4. The van der Waals surface area contributed by atoms with Crippen LogP contribution in [0.3, 0.4) is 0 Å². The summed E-state index contributed by atoms with van der Waals surface area (Å²) in [5.74, 6) is -7.72. The number of hydrogen-bond donors (Lipinski definition) is 20. The number of carboxylic acids is 1. The number of aliphatic hydroxyl groups is 16. The van der Waals surface area contributed by atoms with Crippen LogP contribution in [0.4, 0.5) is 0 Å². The number of aliphatic carboxylic acids is 1. The first kappa shape index (κ1) is 60.5. The van der Waals surface area contributed by atoms with Gasteiger partial charge < -0.3 is 141 Å². The molecule has 71 heavy (non-hydrogen) atoms. The van der Waals surface area contributed by atoms with E-state index in [0.717, 1.165) is 20.8 Å². The van der Waals surface area contributed by atoms with Crippen LogP contribution < -0.4 is 16.0 Å². The van der Waals surface area contributed by atoms with Crippen LogP contribution in [0.5, 0.6) is 0 Å². The van der Waals surface area contributed by atoms with Gasteiger partial charge in [-0.3, -0.25) is 14.4 Å². The summed E-state index contributed by atoms with van der Waals surface area (Å²) in [6.07, 6.45) is -44.5. The molecule has 3 amide bonds. The van der Waals surface area contributed by atoms with Gasteiger partial charge in [0, 0.05) is 27.2 Å². The first-order valence-electron chi connectivity index (χ1n) is 22.1. The Balaban J connectivity index is 1.64. The molecule has 0 aromatic heterocycles. The van der Waals surface area contributed by atoms with Crippen molar-refractivity contribution in [2.75, 3.05) is 39.6 Å². The van der Waals surface area contributed by atoms with E-state index in [9.17, 15) is 106 Å². The molecule has 25 atom stereocenters. The number of hydrogen-bond acceptors (Lipinski definition) is 28. The number of nitrogens with one attached hydrogen (secondary N) is 3. The summed E-state index contributed by atoms with van der Waals surface area (Å²) in [7, 11) is 0.